The Kier molecular flexibility index (Phi) is 3.35. The standard InChI is InChI=1S/C9H9ClFI/c1-3-6-4-7(12)5(2)8(10)9(6)11/h4H,3H2,1-2H3. The van der Waals surface area contributed by atoms with Gasteiger partial charge in [0.1, 0.15) is 5.82 Å². The molecule has 0 fully saturated rings. The topological polar surface area (TPSA) is 0 Å². The molecule has 0 heterocycles. The molecule has 1 aromatic carbocycles. The van der Waals surface area contributed by atoms with Crippen LogP contribution in [0.4, 0.5) is 4.39 Å². The van der Waals surface area contributed by atoms with Crippen molar-refractivity contribution in [1.29, 1.82) is 0 Å². The van der Waals surface area contributed by atoms with E-state index in [9.17, 15) is 4.39 Å². The highest BCUT2D eigenvalue weighted by Crippen LogP contribution is 2.27. The molecule has 1 aromatic rings. The molecule has 0 saturated carbocycles. The van der Waals surface area contributed by atoms with Crippen LogP contribution in [0.15, 0.2) is 6.07 Å². The third-order valence-corrected chi connectivity index (χ3v) is 3.41. The number of rotatable bonds is 1. The molecular formula is C9H9ClFI. The van der Waals surface area contributed by atoms with Gasteiger partial charge in [-0.25, -0.2) is 4.39 Å². The first-order valence-electron chi connectivity index (χ1n) is 3.70. The Bertz CT molecular complexity index is 310. The molecule has 3 heteroatoms. The van der Waals surface area contributed by atoms with Crippen molar-refractivity contribution in [3.05, 3.63) is 31.6 Å². The molecule has 0 nitrogen and oxygen atoms in total. The lowest BCUT2D eigenvalue weighted by Crippen LogP contribution is -1.94. The van der Waals surface area contributed by atoms with Gasteiger partial charge in [-0.05, 0) is 53.1 Å². The molecule has 0 unspecified atom stereocenters. The monoisotopic (exact) mass is 298 g/mol. The van der Waals surface area contributed by atoms with Crippen molar-refractivity contribution in [3.63, 3.8) is 0 Å². The minimum absolute atomic E-state index is 0.263. The van der Waals surface area contributed by atoms with Crippen LogP contribution in [0.1, 0.15) is 18.1 Å². The predicted octanol–water partition coefficient (Wildman–Crippen LogP) is 3.95. The Balaban J connectivity index is 3.39. The summed E-state index contributed by atoms with van der Waals surface area (Å²) in [5, 5.41) is 0.263. The Hall–Kier alpha value is 0.170. The molecule has 0 amide bonds. The first-order chi connectivity index (χ1) is 5.57. The molecular weight excluding hydrogens is 289 g/mol. The highest BCUT2D eigenvalue weighted by molar-refractivity contribution is 14.1. The normalized spacial score (nSPS) is 10.4. The Labute approximate surface area is 90.3 Å². The lowest BCUT2D eigenvalue weighted by molar-refractivity contribution is 0.611. The van der Waals surface area contributed by atoms with Crippen LogP contribution in [0.2, 0.25) is 5.02 Å². The van der Waals surface area contributed by atoms with E-state index < -0.39 is 0 Å². The zero-order chi connectivity index (χ0) is 9.30. The molecule has 0 atom stereocenters. The number of hydrogen-bond acceptors (Lipinski definition) is 0. The summed E-state index contributed by atoms with van der Waals surface area (Å²) in [6.07, 6.45) is 0.682. The van der Waals surface area contributed by atoms with Crippen LogP contribution in [-0.2, 0) is 6.42 Å². The van der Waals surface area contributed by atoms with Gasteiger partial charge in [0.05, 0.1) is 5.02 Å². The fourth-order valence-corrected chi connectivity index (χ4v) is 2.02. The van der Waals surface area contributed by atoms with Gasteiger partial charge >= 0.3 is 0 Å². The van der Waals surface area contributed by atoms with E-state index in [1.807, 2.05) is 19.9 Å². The summed E-state index contributed by atoms with van der Waals surface area (Å²) in [6, 6.07) is 1.84. The van der Waals surface area contributed by atoms with Crippen molar-refractivity contribution >= 4 is 34.2 Å². The minimum Gasteiger partial charge on any atom is -0.205 e. The van der Waals surface area contributed by atoms with Crippen LogP contribution in [0.5, 0.6) is 0 Å². The van der Waals surface area contributed by atoms with Crippen LogP contribution < -0.4 is 0 Å². The molecule has 12 heavy (non-hydrogen) atoms. The van der Waals surface area contributed by atoms with Gasteiger partial charge < -0.3 is 0 Å². The average Bonchev–Trinajstić information content (AvgIpc) is 2.08. The highest BCUT2D eigenvalue weighted by atomic mass is 127. The zero-order valence-corrected chi connectivity index (χ0v) is 9.83. The predicted molar refractivity (Wildman–Crippen MR) is 58.2 cm³/mol. The van der Waals surface area contributed by atoms with Crippen LogP contribution in [0, 0.1) is 16.3 Å². The van der Waals surface area contributed by atoms with E-state index in [4.69, 9.17) is 11.6 Å². The van der Waals surface area contributed by atoms with Crippen molar-refractivity contribution in [3.8, 4) is 0 Å². The summed E-state index contributed by atoms with van der Waals surface area (Å²) in [6.45, 7) is 3.74. The van der Waals surface area contributed by atoms with Crippen LogP contribution in [-0.4, -0.2) is 0 Å². The van der Waals surface area contributed by atoms with Crippen LogP contribution >= 0.6 is 34.2 Å². The molecule has 0 aliphatic heterocycles. The van der Waals surface area contributed by atoms with E-state index in [0.717, 1.165) is 9.13 Å². The second-order valence-corrected chi connectivity index (χ2v) is 4.16. The van der Waals surface area contributed by atoms with Crippen molar-refractivity contribution in [2.45, 2.75) is 20.3 Å². The van der Waals surface area contributed by atoms with Crippen molar-refractivity contribution < 1.29 is 4.39 Å². The van der Waals surface area contributed by atoms with E-state index in [-0.39, 0.29) is 10.8 Å². The van der Waals surface area contributed by atoms with Crippen LogP contribution in [0.25, 0.3) is 0 Å². The van der Waals surface area contributed by atoms with Crippen molar-refractivity contribution in [2.24, 2.45) is 0 Å². The summed E-state index contributed by atoms with van der Waals surface area (Å²) in [7, 11) is 0. The highest BCUT2D eigenvalue weighted by Gasteiger charge is 2.10. The van der Waals surface area contributed by atoms with Gasteiger partial charge in [0.25, 0.3) is 0 Å². The second-order valence-electron chi connectivity index (χ2n) is 2.62. The largest absolute Gasteiger partial charge is 0.205 e. The fourth-order valence-electron chi connectivity index (χ4n) is 0.992. The molecule has 0 N–H and O–H groups in total. The quantitative estimate of drug-likeness (QED) is 0.544. The summed E-state index contributed by atoms with van der Waals surface area (Å²) in [5.41, 5.74) is 1.52. The average molecular weight is 299 g/mol. The number of hydrogen-bond donors (Lipinski definition) is 0. The smallest absolute Gasteiger partial charge is 0.145 e. The second kappa shape index (κ2) is 3.92. The summed E-state index contributed by atoms with van der Waals surface area (Å²) >= 11 is 7.95. The third-order valence-electron chi connectivity index (χ3n) is 1.84. The molecule has 66 valence electrons. The third kappa shape index (κ3) is 1.74. The minimum atomic E-state index is -0.267. The van der Waals surface area contributed by atoms with Gasteiger partial charge in [-0.15, -0.1) is 0 Å². The summed E-state index contributed by atoms with van der Waals surface area (Å²) < 4.78 is 14.3. The molecule has 0 spiro atoms. The number of aryl methyl sites for hydroxylation is 1. The first-order valence-corrected chi connectivity index (χ1v) is 5.16. The molecule has 0 saturated heterocycles. The van der Waals surface area contributed by atoms with Crippen molar-refractivity contribution in [1.82, 2.24) is 0 Å². The Morgan fingerprint density at radius 1 is 1.58 bits per heavy atom. The molecule has 1 rings (SSSR count). The Morgan fingerprint density at radius 3 is 2.67 bits per heavy atom. The van der Waals surface area contributed by atoms with E-state index in [1.54, 1.807) is 0 Å². The molecule has 0 radical (unpaired) electrons. The van der Waals surface area contributed by atoms with Crippen LogP contribution in [0.3, 0.4) is 0 Å². The summed E-state index contributed by atoms with van der Waals surface area (Å²) in [4.78, 5) is 0. The molecule has 0 aliphatic rings. The maximum Gasteiger partial charge on any atom is 0.145 e. The number of halogens is 3. The lowest BCUT2D eigenvalue weighted by atomic mass is 10.1. The molecule has 0 aromatic heterocycles. The van der Waals surface area contributed by atoms with Gasteiger partial charge in [0, 0.05) is 3.57 Å². The Morgan fingerprint density at radius 2 is 2.17 bits per heavy atom. The lowest BCUT2D eigenvalue weighted by Gasteiger charge is -2.06. The van der Waals surface area contributed by atoms with E-state index in [0.29, 0.717) is 12.0 Å². The SMILES string of the molecule is CCc1cc(I)c(C)c(Cl)c1F. The maximum absolute atomic E-state index is 13.3. The van der Waals surface area contributed by atoms with Gasteiger partial charge in [0.2, 0.25) is 0 Å². The van der Waals surface area contributed by atoms with E-state index in [1.165, 1.54) is 0 Å². The van der Waals surface area contributed by atoms with E-state index in [2.05, 4.69) is 22.6 Å². The maximum atomic E-state index is 13.3. The van der Waals surface area contributed by atoms with Gasteiger partial charge in [-0.1, -0.05) is 18.5 Å². The first kappa shape index (κ1) is 10.3. The van der Waals surface area contributed by atoms with Gasteiger partial charge in [-0.2, -0.15) is 0 Å². The van der Waals surface area contributed by atoms with E-state index >= 15 is 0 Å². The van der Waals surface area contributed by atoms with Gasteiger partial charge in [-0.3, -0.25) is 0 Å². The zero-order valence-electron chi connectivity index (χ0n) is 6.92. The molecule has 0 aliphatic carbocycles. The van der Waals surface area contributed by atoms with Crippen molar-refractivity contribution in [2.75, 3.05) is 0 Å². The molecule has 0 bridgehead atoms. The summed E-state index contributed by atoms with van der Waals surface area (Å²) in [5.74, 6) is -0.267. The number of benzene rings is 1. The fraction of sp³-hybridized carbons (Fsp3) is 0.333. The van der Waals surface area contributed by atoms with Gasteiger partial charge in [0.15, 0.2) is 0 Å².